The van der Waals surface area contributed by atoms with Crippen molar-refractivity contribution in [3.05, 3.63) is 59.4 Å². The maximum Gasteiger partial charge on any atom is 0.243 e. The van der Waals surface area contributed by atoms with Gasteiger partial charge in [-0.2, -0.15) is 4.31 Å². The average molecular weight is 451 g/mol. The van der Waals surface area contributed by atoms with Crippen molar-refractivity contribution in [3.63, 3.8) is 0 Å². The number of hydrogen-bond acceptors (Lipinski definition) is 5. The zero-order valence-corrected chi connectivity index (χ0v) is 17.8. The third-order valence-electron chi connectivity index (χ3n) is 4.82. The summed E-state index contributed by atoms with van der Waals surface area (Å²) in [6, 6.07) is 11.3. The van der Waals surface area contributed by atoms with Crippen LogP contribution in [0.25, 0.3) is 0 Å². The van der Waals surface area contributed by atoms with Gasteiger partial charge in [0.15, 0.2) is 0 Å². The van der Waals surface area contributed by atoms with Crippen molar-refractivity contribution in [2.24, 2.45) is 5.92 Å². The summed E-state index contributed by atoms with van der Waals surface area (Å²) in [5.41, 5.74) is 0.715. The third-order valence-corrected chi connectivity index (χ3v) is 6.95. The predicted molar refractivity (Wildman–Crippen MR) is 112 cm³/mol. The molecule has 2 heterocycles. The number of sulfonamides is 1. The molecule has 30 heavy (non-hydrogen) atoms. The van der Waals surface area contributed by atoms with Crippen molar-refractivity contribution in [2.45, 2.75) is 24.3 Å². The number of carbonyl (C=O) groups is 2. The summed E-state index contributed by atoms with van der Waals surface area (Å²) < 4.78 is 27.0. The van der Waals surface area contributed by atoms with Crippen molar-refractivity contribution < 1.29 is 18.0 Å². The average Bonchev–Trinajstić information content (AvgIpc) is 2.77. The summed E-state index contributed by atoms with van der Waals surface area (Å²) in [7, 11) is -3.71. The molecule has 1 atom stereocenters. The summed E-state index contributed by atoms with van der Waals surface area (Å²) in [4.78, 5) is 28.7. The van der Waals surface area contributed by atoms with Gasteiger partial charge in [-0.3, -0.25) is 14.6 Å². The minimum atomic E-state index is -3.71. The fourth-order valence-corrected chi connectivity index (χ4v) is 4.85. The Bertz CT molecular complexity index is 984. The van der Waals surface area contributed by atoms with Crippen molar-refractivity contribution in [2.75, 3.05) is 19.6 Å². The van der Waals surface area contributed by atoms with Crippen LogP contribution in [0.3, 0.4) is 0 Å². The molecule has 3 rings (SSSR count). The molecule has 10 heteroatoms. The van der Waals surface area contributed by atoms with Crippen LogP contribution in [0, 0.1) is 5.92 Å². The van der Waals surface area contributed by atoms with Crippen LogP contribution in [0.2, 0.25) is 5.02 Å². The highest BCUT2D eigenvalue weighted by atomic mass is 35.5. The molecule has 1 aromatic carbocycles. The van der Waals surface area contributed by atoms with E-state index in [4.69, 9.17) is 11.6 Å². The SMILES string of the molecule is O=C(CNC(=O)C1CCCN(S(=O)(=O)c2ccc(Cl)cc2)C1)NCc1ccccn1. The van der Waals surface area contributed by atoms with Crippen LogP contribution >= 0.6 is 11.6 Å². The van der Waals surface area contributed by atoms with Gasteiger partial charge in [0.2, 0.25) is 21.8 Å². The molecule has 8 nitrogen and oxygen atoms in total. The number of carbonyl (C=O) groups excluding carboxylic acids is 2. The normalized spacial score (nSPS) is 17.3. The van der Waals surface area contributed by atoms with Crippen LogP contribution in [0.1, 0.15) is 18.5 Å². The molecular weight excluding hydrogens is 428 g/mol. The van der Waals surface area contributed by atoms with E-state index in [1.807, 2.05) is 6.07 Å². The van der Waals surface area contributed by atoms with Gasteiger partial charge in [0.05, 0.1) is 29.6 Å². The molecule has 2 N–H and O–H groups in total. The van der Waals surface area contributed by atoms with Crippen LogP contribution in [0.15, 0.2) is 53.6 Å². The molecule has 2 aromatic rings. The lowest BCUT2D eigenvalue weighted by Crippen LogP contribution is -2.47. The van der Waals surface area contributed by atoms with E-state index in [0.717, 1.165) is 0 Å². The largest absolute Gasteiger partial charge is 0.349 e. The molecule has 1 fully saturated rings. The topological polar surface area (TPSA) is 108 Å². The number of nitrogens with zero attached hydrogens (tertiary/aromatic N) is 2. The zero-order chi connectivity index (χ0) is 21.6. The van der Waals surface area contributed by atoms with Gasteiger partial charge < -0.3 is 10.6 Å². The third kappa shape index (κ3) is 5.78. The van der Waals surface area contributed by atoms with Gasteiger partial charge in [0.1, 0.15) is 0 Å². The summed E-state index contributed by atoms with van der Waals surface area (Å²) >= 11 is 5.83. The molecule has 0 spiro atoms. The molecule has 1 unspecified atom stereocenters. The van der Waals surface area contributed by atoms with Gasteiger partial charge in [-0.15, -0.1) is 0 Å². The number of hydrogen-bond donors (Lipinski definition) is 2. The van der Waals surface area contributed by atoms with Gasteiger partial charge in [-0.05, 0) is 49.2 Å². The molecule has 0 radical (unpaired) electrons. The fraction of sp³-hybridized carbons (Fsp3) is 0.350. The summed E-state index contributed by atoms with van der Waals surface area (Å²) in [6.07, 6.45) is 2.76. The number of pyridine rings is 1. The molecule has 0 saturated carbocycles. The van der Waals surface area contributed by atoms with E-state index >= 15 is 0 Å². The molecule has 0 bridgehead atoms. The number of rotatable bonds is 7. The van der Waals surface area contributed by atoms with Crippen LogP contribution in [0.4, 0.5) is 0 Å². The Morgan fingerprint density at radius 2 is 1.90 bits per heavy atom. The summed E-state index contributed by atoms with van der Waals surface area (Å²) in [5, 5.41) is 5.73. The van der Waals surface area contributed by atoms with Crippen molar-refractivity contribution >= 4 is 33.4 Å². The van der Waals surface area contributed by atoms with Crippen LogP contribution in [-0.4, -0.2) is 49.2 Å². The standard InChI is InChI=1S/C20H23ClN4O4S/c21-16-6-8-18(9-7-16)30(28,29)25-11-3-4-15(14-25)20(27)24-13-19(26)23-12-17-5-1-2-10-22-17/h1-2,5-10,15H,3-4,11-14H2,(H,23,26)(H,24,27). The minimum Gasteiger partial charge on any atom is -0.349 e. The summed E-state index contributed by atoms with van der Waals surface area (Å²) in [6.45, 7) is 0.518. The fourth-order valence-electron chi connectivity index (χ4n) is 3.20. The molecule has 1 aliphatic heterocycles. The Labute approximate surface area is 180 Å². The number of piperidine rings is 1. The van der Waals surface area contributed by atoms with E-state index in [2.05, 4.69) is 15.6 Å². The Morgan fingerprint density at radius 3 is 2.60 bits per heavy atom. The minimum absolute atomic E-state index is 0.0757. The quantitative estimate of drug-likeness (QED) is 0.665. The van der Waals surface area contributed by atoms with Gasteiger partial charge >= 0.3 is 0 Å². The highest BCUT2D eigenvalue weighted by Crippen LogP contribution is 2.24. The number of nitrogens with one attached hydrogen (secondary N) is 2. The predicted octanol–water partition coefficient (Wildman–Crippen LogP) is 1.57. The van der Waals surface area contributed by atoms with Gasteiger partial charge in [0, 0.05) is 24.3 Å². The Kier molecular flexibility index (Phi) is 7.41. The first kappa shape index (κ1) is 22.2. The first-order chi connectivity index (χ1) is 14.4. The van der Waals surface area contributed by atoms with Crippen LogP contribution in [-0.2, 0) is 26.2 Å². The van der Waals surface area contributed by atoms with E-state index in [1.165, 1.54) is 28.6 Å². The van der Waals surface area contributed by atoms with Crippen molar-refractivity contribution in [3.8, 4) is 0 Å². The van der Waals surface area contributed by atoms with E-state index in [0.29, 0.717) is 30.1 Å². The molecule has 160 valence electrons. The van der Waals surface area contributed by atoms with Crippen LogP contribution < -0.4 is 10.6 Å². The Morgan fingerprint density at radius 1 is 1.13 bits per heavy atom. The van der Waals surface area contributed by atoms with E-state index in [-0.39, 0.29) is 36.3 Å². The first-order valence-electron chi connectivity index (χ1n) is 9.56. The molecule has 1 aliphatic rings. The van der Waals surface area contributed by atoms with Gasteiger partial charge in [-0.1, -0.05) is 17.7 Å². The number of amides is 2. The maximum absolute atomic E-state index is 12.8. The second kappa shape index (κ2) is 10.0. The second-order valence-electron chi connectivity index (χ2n) is 6.97. The summed E-state index contributed by atoms with van der Waals surface area (Å²) in [5.74, 6) is -1.18. The molecule has 2 amide bonds. The molecule has 1 saturated heterocycles. The lowest BCUT2D eigenvalue weighted by Gasteiger charge is -2.31. The Balaban J connectivity index is 1.51. The Hall–Kier alpha value is -2.49. The monoisotopic (exact) mass is 450 g/mol. The molecule has 0 aliphatic carbocycles. The zero-order valence-electron chi connectivity index (χ0n) is 16.3. The lowest BCUT2D eigenvalue weighted by atomic mass is 9.99. The van der Waals surface area contributed by atoms with Gasteiger partial charge in [0.25, 0.3) is 0 Å². The first-order valence-corrected chi connectivity index (χ1v) is 11.4. The molecular formula is C20H23ClN4O4S. The van der Waals surface area contributed by atoms with E-state index < -0.39 is 15.9 Å². The van der Waals surface area contributed by atoms with Crippen molar-refractivity contribution in [1.82, 2.24) is 19.9 Å². The van der Waals surface area contributed by atoms with E-state index in [1.54, 1.807) is 18.3 Å². The highest BCUT2D eigenvalue weighted by Gasteiger charge is 2.33. The smallest absolute Gasteiger partial charge is 0.243 e. The number of benzene rings is 1. The van der Waals surface area contributed by atoms with Crippen LogP contribution in [0.5, 0.6) is 0 Å². The number of aromatic nitrogens is 1. The highest BCUT2D eigenvalue weighted by molar-refractivity contribution is 7.89. The second-order valence-corrected chi connectivity index (χ2v) is 9.35. The maximum atomic E-state index is 12.8. The van der Waals surface area contributed by atoms with E-state index in [9.17, 15) is 18.0 Å². The molecule has 1 aromatic heterocycles. The van der Waals surface area contributed by atoms with Crippen molar-refractivity contribution in [1.29, 1.82) is 0 Å². The lowest BCUT2D eigenvalue weighted by molar-refractivity contribution is -0.129. The number of halogens is 1. The van der Waals surface area contributed by atoms with Gasteiger partial charge in [-0.25, -0.2) is 8.42 Å².